The van der Waals surface area contributed by atoms with Gasteiger partial charge in [-0.2, -0.15) is 5.26 Å². The van der Waals surface area contributed by atoms with Crippen LogP contribution in [-0.2, 0) is 17.6 Å². The zero-order valence-electron chi connectivity index (χ0n) is 16.6. The van der Waals surface area contributed by atoms with E-state index in [9.17, 15) is 4.79 Å². The summed E-state index contributed by atoms with van der Waals surface area (Å²) in [6.07, 6.45) is 1.87. The largest absolute Gasteiger partial charge is 0.359 e. The Kier molecular flexibility index (Phi) is 6.36. The molecule has 5 heteroatoms. The third-order valence-corrected chi connectivity index (χ3v) is 6.27. The van der Waals surface area contributed by atoms with Gasteiger partial charge in [-0.1, -0.05) is 54.6 Å². The Bertz CT molecular complexity index is 1040. The molecule has 1 aliphatic carbocycles. The summed E-state index contributed by atoms with van der Waals surface area (Å²) in [5.41, 5.74) is 4.53. The molecule has 0 aromatic heterocycles. The van der Waals surface area contributed by atoms with Crippen molar-refractivity contribution in [3.63, 3.8) is 0 Å². The number of fused-ring (bicyclic) bond motifs is 1. The second-order valence-corrected chi connectivity index (χ2v) is 8.30. The fraction of sp³-hybridized carbons (Fsp3) is 0.200. The van der Waals surface area contributed by atoms with E-state index in [1.807, 2.05) is 42.5 Å². The maximum atomic E-state index is 13.0. The van der Waals surface area contributed by atoms with Gasteiger partial charge in [0.1, 0.15) is 0 Å². The third-order valence-electron chi connectivity index (χ3n) is 5.33. The number of amides is 1. The van der Waals surface area contributed by atoms with Crippen molar-refractivity contribution in [3.8, 4) is 6.07 Å². The lowest BCUT2D eigenvalue weighted by Crippen LogP contribution is -2.41. The van der Waals surface area contributed by atoms with Gasteiger partial charge in [0.25, 0.3) is 0 Å². The molecule has 150 valence electrons. The minimum absolute atomic E-state index is 0.0557. The maximum Gasteiger partial charge on any atom is 0.243 e. The van der Waals surface area contributed by atoms with E-state index < -0.39 is 0 Å². The molecular weight excluding hydrogens is 390 g/mol. The van der Waals surface area contributed by atoms with Crippen molar-refractivity contribution < 1.29 is 4.79 Å². The second kappa shape index (κ2) is 9.51. The molecule has 4 nitrogen and oxygen atoms in total. The van der Waals surface area contributed by atoms with E-state index in [1.54, 1.807) is 0 Å². The molecule has 0 aliphatic heterocycles. The molecule has 4 rings (SSSR count). The zero-order valence-corrected chi connectivity index (χ0v) is 17.4. The molecule has 30 heavy (non-hydrogen) atoms. The van der Waals surface area contributed by atoms with Crippen molar-refractivity contribution in [2.75, 3.05) is 22.5 Å². The Morgan fingerprint density at radius 2 is 1.60 bits per heavy atom. The van der Waals surface area contributed by atoms with E-state index in [1.165, 1.54) is 22.9 Å². The van der Waals surface area contributed by atoms with Crippen LogP contribution in [0.3, 0.4) is 0 Å². The van der Waals surface area contributed by atoms with Gasteiger partial charge >= 0.3 is 0 Å². The van der Waals surface area contributed by atoms with Crippen LogP contribution in [0.1, 0.15) is 11.1 Å². The number of nitrogens with zero attached hydrogens (tertiary/aromatic N) is 2. The van der Waals surface area contributed by atoms with Crippen LogP contribution in [0.25, 0.3) is 0 Å². The van der Waals surface area contributed by atoms with Crippen molar-refractivity contribution in [2.45, 2.75) is 23.8 Å². The number of rotatable bonds is 7. The highest BCUT2D eigenvalue weighted by molar-refractivity contribution is 7.99. The summed E-state index contributed by atoms with van der Waals surface area (Å²) in [4.78, 5) is 16.1. The molecule has 3 aromatic carbocycles. The monoisotopic (exact) mass is 413 g/mol. The van der Waals surface area contributed by atoms with E-state index in [4.69, 9.17) is 5.26 Å². The van der Waals surface area contributed by atoms with Crippen LogP contribution in [0.4, 0.5) is 11.4 Å². The fourth-order valence-corrected chi connectivity index (χ4v) is 4.63. The maximum absolute atomic E-state index is 13.0. The molecule has 1 amide bonds. The van der Waals surface area contributed by atoms with Gasteiger partial charge in [0, 0.05) is 16.6 Å². The summed E-state index contributed by atoms with van der Waals surface area (Å²) < 4.78 is 0. The number of thioether (sulfide) groups is 1. The number of hydrogen-bond donors (Lipinski definition) is 1. The van der Waals surface area contributed by atoms with Gasteiger partial charge < -0.3 is 10.2 Å². The van der Waals surface area contributed by atoms with Gasteiger partial charge in [-0.25, -0.2) is 0 Å². The first kappa shape index (κ1) is 20.1. The molecule has 0 atom stereocenters. The van der Waals surface area contributed by atoms with Crippen LogP contribution in [0.5, 0.6) is 0 Å². The number of nitriles is 1. The standard InChI is InChI=1S/C25H23N3OS/c26-14-15-30-24-13-7-6-12-23(24)27-25(29)18-28(21-10-2-1-3-11-21)22-16-19-8-4-5-9-20(19)17-22/h1-13,22H,15-18H2,(H,27,29). The Morgan fingerprint density at radius 3 is 2.30 bits per heavy atom. The van der Waals surface area contributed by atoms with E-state index in [0.717, 1.165) is 29.1 Å². The smallest absolute Gasteiger partial charge is 0.243 e. The zero-order chi connectivity index (χ0) is 20.8. The lowest BCUT2D eigenvalue weighted by Gasteiger charge is -2.30. The second-order valence-electron chi connectivity index (χ2n) is 7.29. The van der Waals surface area contributed by atoms with E-state index in [2.05, 4.69) is 52.7 Å². The number of carbonyl (C=O) groups is 1. The number of nitrogens with one attached hydrogen (secondary N) is 1. The van der Waals surface area contributed by atoms with Gasteiger partial charge in [-0.15, -0.1) is 11.8 Å². The summed E-state index contributed by atoms with van der Waals surface area (Å²) in [5.74, 6) is 0.295. The summed E-state index contributed by atoms with van der Waals surface area (Å²) in [5, 5.41) is 11.9. The van der Waals surface area contributed by atoms with Crippen LogP contribution in [-0.4, -0.2) is 24.2 Å². The Hall–Kier alpha value is -3.23. The fourth-order valence-electron chi connectivity index (χ4n) is 3.96. The lowest BCUT2D eigenvalue weighted by molar-refractivity contribution is -0.115. The summed E-state index contributed by atoms with van der Waals surface area (Å²) in [6, 6.07) is 28.7. The highest BCUT2D eigenvalue weighted by Crippen LogP contribution is 2.30. The topological polar surface area (TPSA) is 56.1 Å². The molecule has 3 aromatic rings. The molecule has 0 bridgehead atoms. The predicted molar refractivity (Wildman–Crippen MR) is 123 cm³/mol. The van der Waals surface area contributed by atoms with Crippen molar-refractivity contribution >= 4 is 29.0 Å². The highest BCUT2D eigenvalue weighted by Gasteiger charge is 2.28. The highest BCUT2D eigenvalue weighted by atomic mass is 32.2. The SMILES string of the molecule is N#CCSc1ccccc1NC(=O)CN(c1ccccc1)C1Cc2ccccc2C1. The van der Waals surface area contributed by atoms with Gasteiger partial charge in [0.05, 0.1) is 24.1 Å². The average Bonchev–Trinajstić information content (AvgIpc) is 3.21. The number of hydrogen-bond acceptors (Lipinski definition) is 4. The molecule has 1 N–H and O–H groups in total. The van der Waals surface area contributed by atoms with Crippen molar-refractivity contribution in [2.24, 2.45) is 0 Å². The molecule has 0 radical (unpaired) electrons. The number of benzene rings is 3. The Balaban J connectivity index is 1.52. The number of carbonyl (C=O) groups excluding carboxylic acids is 1. The lowest BCUT2D eigenvalue weighted by atomic mass is 10.1. The van der Waals surface area contributed by atoms with Crippen molar-refractivity contribution in [1.82, 2.24) is 0 Å². The first-order valence-corrected chi connectivity index (χ1v) is 11.0. The van der Waals surface area contributed by atoms with Crippen LogP contribution in [0, 0.1) is 11.3 Å². The molecule has 0 saturated carbocycles. The minimum atomic E-state index is -0.0557. The van der Waals surface area contributed by atoms with Crippen LogP contribution < -0.4 is 10.2 Å². The third kappa shape index (κ3) is 4.67. The predicted octanol–water partition coefficient (Wildman–Crippen LogP) is 4.91. The molecule has 1 aliphatic rings. The van der Waals surface area contributed by atoms with E-state index in [-0.39, 0.29) is 18.5 Å². The van der Waals surface area contributed by atoms with Crippen LogP contribution in [0.15, 0.2) is 83.8 Å². The Morgan fingerprint density at radius 1 is 0.967 bits per heavy atom. The van der Waals surface area contributed by atoms with Crippen molar-refractivity contribution in [1.29, 1.82) is 5.26 Å². The number of anilines is 2. The molecule has 0 heterocycles. The first-order chi connectivity index (χ1) is 14.7. The molecular formula is C25H23N3OS. The van der Waals surface area contributed by atoms with Crippen LogP contribution >= 0.6 is 11.8 Å². The normalized spacial score (nSPS) is 12.8. The summed E-state index contributed by atoms with van der Waals surface area (Å²) in [7, 11) is 0. The summed E-state index contributed by atoms with van der Waals surface area (Å²) >= 11 is 1.43. The average molecular weight is 414 g/mol. The van der Waals surface area contributed by atoms with Gasteiger partial charge in [0.2, 0.25) is 5.91 Å². The van der Waals surface area contributed by atoms with Gasteiger partial charge in [-0.05, 0) is 48.2 Å². The molecule has 0 fully saturated rings. The van der Waals surface area contributed by atoms with Crippen LogP contribution in [0.2, 0.25) is 0 Å². The molecule has 0 unspecified atom stereocenters. The van der Waals surface area contributed by atoms with Gasteiger partial charge in [0.15, 0.2) is 0 Å². The van der Waals surface area contributed by atoms with Gasteiger partial charge in [-0.3, -0.25) is 4.79 Å². The minimum Gasteiger partial charge on any atom is -0.359 e. The number of para-hydroxylation sites is 2. The molecule has 0 saturated heterocycles. The Labute approximate surface area is 181 Å². The molecule has 0 spiro atoms. The first-order valence-electron chi connectivity index (χ1n) is 10.0. The van der Waals surface area contributed by atoms with Crippen molar-refractivity contribution in [3.05, 3.63) is 90.0 Å². The quantitative estimate of drug-likeness (QED) is 0.559. The van der Waals surface area contributed by atoms with E-state index >= 15 is 0 Å². The van der Waals surface area contributed by atoms with E-state index in [0.29, 0.717) is 5.75 Å². The summed E-state index contributed by atoms with van der Waals surface area (Å²) in [6.45, 7) is 0.278.